The lowest BCUT2D eigenvalue weighted by molar-refractivity contribution is 0.241. The van der Waals surface area contributed by atoms with Crippen LogP contribution < -0.4 is 5.73 Å². The first-order valence-corrected chi connectivity index (χ1v) is 7.30. The molecule has 0 aliphatic rings. The summed E-state index contributed by atoms with van der Waals surface area (Å²) in [7, 11) is 2.00. The van der Waals surface area contributed by atoms with Gasteiger partial charge in [-0.3, -0.25) is 4.90 Å². The summed E-state index contributed by atoms with van der Waals surface area (Å²) in [6.07, 6.45) is 0. The van der Waals surface area contributed by atoms with E-state index >= 15 is 0 Å². The second-order valence-electron chi connectivity index (χ2n) is 5.27. The van der Waals surface area contributed by atoms with Crippen molar-refractivity contribution in [2.45, 2.75) is 19.5 Å². The van der Waals surface area contributed by atoms with Crippen molar-refractivity contribution < 1.29 is 4.39 Å². The van der Waals surface area contributed by atoms with E-state index in [0.717, 1.165) is 16.1 Å². The fourth-order valence-electron chi connectivity index (χ4n) is 2.45. The van der Waals surface area contributed by atoms with Crippen molar-refractivity contribution >= 4 is 11.6 Å². The first-order valence-electron chi connectivity index (χ1n) is 6.92. The Morgan fingerprint density at radius 2 is 1.95 bits per heavy atom. The van der Waals surface area contributed by atoms with E-state index in [4.69, 9.17) is 17.3 Å². The van der Waals surface area contributed by atoms with Gasteiger partial charge in [0.25, 0.3) is 0 Å². The smallest absolute Gasteiger partial charge is 0.126 e. The number of nitrogens with zero attached hydrogens (tertiary/aromatic N) is 1. The Kier molecular flexibility index (Phi) is 5.34. The van der Waals surface area contributed by atoms with Crippen molar-refractivity contribution in [2.24, 2.45) is 5.73 Å². The number of aryl methyl sites for hydroxylation is 1. The number of benzene rings is 2. The Bertz CT molecular complexity index is 615. The van der Waals surface area contributed by atoms with Crippen LogP contribution in [0.25, 0.3) is 0 Å². The van der Waals surface area contributed by atoms with Gasteiger partial charge in [0, 0.05) is 24.2 Å². The second-order valence-corrected chi connectivity index (χ2v) is 5.67. The van der Waals surface area contributed by atoms with Crippen LogP contribution in [0.15, 0.2) is 42.5 Å². The third kappa shape index (κ3) is 3.82. The minimum atomic E-state index is -0.191. The van der Waals surface area contributed by atoms with Gasteiger partial charge in [-0.15, -0.1) is 0 Å². The number of rotatable bonds is 5. The summed E-state index contributed by atoms with van der Waals surface area (Å²) in [5.74, 6) is -0.191. The predicted molar refractivity (Wildman–Crippen MR) is 85.9 cm³/mol. The normalized spacial score (nSPS) is 12.7. The standard InChI is InChI=1S/C17H20ClFN2/c1-12-9-13(7-8-16(12)19)17(10-20)21(2)11-14-5-3-4-6-15(14)18/h3-9,17H,10-11,20H2,1-2H3. The number of halogens is 2. The molecular formula is C17H20ClFN2. The van der Waals surface area contributed by atoms with Crippen molar-refractivity contribution in [1.82, 2.24) is 4.90 Å². The zero-order chi connectivity index (χ0) is 15.4. The number of likely N-dealkylation sites (N-methyl/N-ethyl adjacent to an activating group) is 1. The third-order valence-corrected chi connectivity index (χ3v) is 4.07. The van der Waals surface area contributed by atoms with Gasteiger partial charge in [0.2, 0.25) is 0 Å². The summed E-state index contributed by atoms with van der Waals surface area (Å²) in [4.78, 5) is 2.13. The topological polar surface area (TPSA) is 29.3 Å². The summed E-state index contributed by atoms with van der Waals surface area (Å²) >= 11 is 6.20. The van der Waals surface area contributed by atoms with Gasteiger partial charge in [-0.25, -0.2) is 4.39 Å². The van der Waals surface area contributed by atoms with E-state index in [2.05, 4.69) is 4.90 Å². The molecule has 112 valence electrons. The quantitative estimate of drug-likeness (QED) is 0.907. The van der Waals surface area contributed by atoms with Gasteiger partial charge in [-0.1, -0.05) is 41.9 Å². The molecule has 2 nitrogen and oxygen atoms in total. The molecule has 0 aromatic heterocycles. The molecule has 21 heavy (non-hydrogen) atoms. The lowest BCUT2D eigenvalue weighted by Crippen LogP contribution is -2.30. The van der Waals surface area contributed by atoms with E-state index in [1.165, 1.54) is 6.07 Å². The molecule has 4 heteroatoms. The highest BCUT2D eigenvalue weighted by atomic mass is 35.5. The molecule has 0 amide bonds. The van der Waals surface area contributed by atoms with E-state index in [1.807, 2.05) is 37.4 Å². The Morgan fingerprint density at radius 3 is 2.57 bits per heavy atom. The van der Waals surface area contributed by atoms with Gasteiger partial charge in [0.05, 0.1) is 0 Å². The molecule has 0 aliphatic carbocycles. The summed E-state index contributed by atoms with van der Waals surface area (Å²) < 4.78 is 13.4. The molecule has 0 bridgehead atoms. The highest BCUT2D eigenvalue weighted by Crippen LogP contribution is 2.24. The van der Waals surface area contributed by atoms with Crippen LogP contribution in [0.2, 0.25) is 5.02 Å². The van der Waals surface area contributed by atoms with E-state index < -0.39 is 0 Å². The molecule has 2 N–H and O–H groups in total. The van der Waals surface area contributed by atoms with Crippen LogP contribution in [-0.2, 0) is 6.54 Å². The SMILES string of the molecule is Cc1cc(C(CN)N(C)Cc2ccccc2Cl)ccc1F. The summed E-state index contributed by atoms with van der Waals surface area (Å²) in [5, 5.41) is 0.746. The van der Waals surface area contributed by atoms with E-state index in [1.54, 1.807) is 13.0 Å². The molecule has 0 spiro atoms. The molecule has 2 aromatic rings. The zero-order valence-electron chi connectivity index (χ0n) is 12.3. The van der Waals surface area contributed by atoms with E-state index in [0.29, 0.717) is 18.7 Å². The number of nitrogens with two attached hydrogens (primary N) is 1. The Morgan fingerprint density at radius 1 is 1.24 bits per heavy atom. The van der Waals surface area contributed by atoms with Crippen molar-refractivity contribution in [3.63, 3.8) is 0 Å². The van der Waals surface area contributed by atoms with Crippen LogP contribution in [0.1, 0.15) is 22.7 Å². The Labute approximate surface area is 130 Å². The molecule has 0 heterocycles. The van der Waals surface area contributed by atoms with Crippen molar-refractivity contribution in [2.75, 3.05) is 13.6 Å². The Hall–Kier alpha value is -1.42. The lowest BCUT2D eigenvalue weighted by Gasteiger charge is -2.28. The largest absolute Gasteiger partial charge is 0.329 e. The number of hydrogen-bond donors (Lipinski definition) is 1. The first kappa shape index (κ1) is 16.0. The van der Waals surface area contributed by atoms with Crippen molar-refractivity contribution in [3.05, 3.63) is 70.0 Å². The maximum absolute atomic E-state index is 13.4. The molecule has 1 unspecified atom stereocenters. The monoisotopic (exact) mass is 306 g/mol. The summed E-state index contributed by atoms with van der Waals surface area (Å²) in [6, 6.07) is 12.9. The van der Waals surface area contributed by atoms with Gasteiger partial charge in [0.15, 0.2) is 0 Å². The maximum atomic E-state index is 13.4. The Balaban J connectivity index is 2.20. The van der Waals surface area contributed by atoms with E-state index in [-0.39, 0.29) is 11.9 Å². The van der Waals surface area contributed by atoms with Crippen LogP contribution in [-0.4, -0.2) is 18.5 Å². The molecule has 0 saturated carbocycles. The fraction of sp³-hybridized carbons (Fsp3) is 0.294. The first-order chi connectivity index (χ1) is 10.0. The van der Waals surface area contributed by atoms with Gasteiger partial charge in [-0.05, 0) is 42.8 Å². The molecule has 2 rings (SSSR count). The average Bonchev–Trinajstić information content (AvgIpc) is 2.46. The van der Waals surface area contributed by atoms with Crippen molar-refractivity contribution in [1.29, 1.82) is 0 Å². The molecule has 0 fully saturated rings. The molecular weight excluding hydrogens is 287 g/mol. The van der Waals surface area contributed by atoms with Crippen LogP contribution in [0, 0.1) is 12.7 Å². The lowest BCUT2D eigenvalue weighted by atomic mass is 10.0. The van der Waals surface area contributed by atoms with E-state index in [9.17, 15) is 4.39 Å². The van der Waals surface area contributed by atoms with Crippen LogP contribution in [0.3, 0.4) is 0 Å². The van der Waals surface area contributed by atoms with Crippen molar-refractivity contribution in [3.8, 4) is 0 Å². The summed E-state index contributed by atoms with van der Waals surface area (Å²) in [5.41, 5.74) is 8.63. The minimum Gasteiger partial charge on any atom is -0.329 e. The van der Waals surface area contributed by atoms with Gasteiger partial charge in [-0.2, -0.15) is 0 Å². The maximum Gasteiger partial charge on any atom is 0.126 e. The molecule has 2 aromatic carbocycles. The molecule has 0 aliphatic heterocycles. The van der Waals surface area contributed by atoms with Gasteiger partial charge < -0.3 is 5.73 Å². The predicted octanol–water partition coefficient (Wildman–Crippen LogP) is 3.92. The third-order valence-electron chi connectivity index (χ3n) is 3.70. The van der Waals surface area contributed by atoms with Crippen LogP contribution in [0.4, 0.5) is 4.39 Å². The zero-order valence-corrected chi connectivity index (χ0v) is 13.1. The average molecular weight is 307 g/mol. The van der Waals surface area contributed by atoms with Gasteiger partial charge in [0.1, 0.15) is 5.82 Å². The fourth-order valence-corrected chi connectivity index (χ4v) is 2.65. The number of hydrogen-bond acceptors (Lipinski definition) is 2. The minimum absolute atomic E-state index is 0.0283. The van der Waals surface area contributed by atoms with Crippen LogP contribution >= 0.6 is 11.6 Å². The molecule has 0 radical (unpaired) electrons. The summed E-state index contributed by atoms with van der Waals surface area (Å²) in [6.45, 7) is 2.92. The highest BCUT2D eigenvalue weighted by molar-refractivity contribution is 6.31. The van der Waals surface area contributed by atoms with Gasteiger partial charge >= 0.3 is 0 Å². The molecule has 0 saturated heterocycles. The van der Waals surface area contributed by atoms with Crippen LogP contribution in [0.5, 0.6) is 0 Å². The highest BCUT2D eigenvalue weighted by Gasteiger charge is 2.17. The molecule has 1 atom stereocenters. The second kappa shape index (κ2) is 7.03.